The van der Waals surface area contributed by atoms with Gasteiger partial charge >= 0.3 is 11.9 Å². The fourth-order valence-corrected chi connectivity index (χ4v) is 4.52. The number of ether oxygens (including phenoxy) is 2. The summed E-state index contributed by atoms with van der Waals surface area (Å²) in [6, 6.07) is 10.0. The van der Waals surface area contributed by atoms with Crippen LogP contribution in [-0.4, -0.2) is 24.8 Å². The monoisotopic (exact) mass is 374 g/mol. The molecule has 0 saturated carbocycles. The van der Waals surface area contributed by atoms with E-state index in [1.807, 2.05) is 0 Å². The number of carbonyl (C=O) groups is 3. The molecule has 2 aromatic heterocycles. The van der Waals surface area contributed by atoms with Gasteiger partial charge in [0.2, 0.25) is 5.78 Å². The Bertz CT molecular complexity index is 935. The lowest BCUT2D eigenvalue weighted by Gasteiger charge is -2.04. The molecule has 0 spiro atoms. The first kappa shape index (κ1) is 17.3. The van der Waals surface area contributed by atoms with Gasteiger partial charge in [-0.15, -0.1) is 22.7 Å². The van der Waals surface area contributed by atoms with E-state index in [9.17, 15) is 14.4 Å². The van der Waals surface area contributed by atoms with Crippen molar-refractivity contribution in [3.05, 3.63) is 51.7 Å². The molecule has 1 aromatic carbocycles. The van der Waals surface area contributed by atoms with Gasteiger partial charge < -0.3 is 9.47 Å². The van der Waals surface area contributed by atoms with Crippen LogP contribution < -0.4 is 4.74 Å². The first-order valence-electron chi connectivity index (χ1n) is 7.49. The fraction of sp³-hybridized carbons (Fsp3) is 0.167. The first-order chi connectivity index (χ1) is 12.0. The van der Waals surface area contributed by atoms with Crippen LogP contribution in [0.4, 0.5) is 0 Å². The highest BCUT2D eigenvalue weighted by Crippen LogP contribution is 2.35. The number of thiophene rings is 2. The molecule has 0 fully saturated rings. The van der Waals surface area contributed by atoms with E-state index in [-0.39, 0.29) is 24.1 Å². The molecule has 128 valence electrons. The van der Waals surface area contributed by atoms with E-state index in [0.717, 1.165) is 9.40 Å². The molecule has 3 aromatic rings. The highest BCUT2D eigenvalue weighted by molar-refractivity contribution is 7.39. The molecule has 3 rings (SSSR count). The van der Waals surface area contributed by atoms with E-state index >= 15 is 0 Å². The third-order valence-corrected chi connectivity index (χ3v) is 5.81. The number of ketones is 1. The van der Waals surface area contributed by atoms with Crippen LogP contribution in [0.5, 0.6) is 5.75 Å². The second-order valence-corrected chi connectivity index (χ2v) is 7.50. The predicted molar refractivity (Wildman–Crippen MR) is 96.8 cm³/mol. The van der Waals surface area contributed by atoms with Crippen molar-refractivity contribution < 1.29 is 23.9 Å². The van der Waals surface area contributed by atoms with Gasteiger partial charge in [-0.1, -0.05) is 19.1 Å². The maximum atomic E-state index is 12.7. The van der Waals surface area contributed by atoms with Gasteiger partial charge in [0.25, 0.3) is 0 Å². The van der Waals surface area contributed by atoms with Gasteiger partial charge in [-0.05, 0) is 24.3 Å². The summed E-state index contributed by atoms with van der Waals surface area (Å²) in [4.78, 5) is 36.7. The van der Waals surface area contributed by atoms with Crippen LogP contribution in [0.25, 0.3) is 9.40 Å². The highest BCUT2D eigenvalue weighted by Gasteiger charge is 2.17. The summed E-state index contributed by atoms with van der Waals surface area (Å²) >= 11 is 2.63. The van der Waals surface area contributed by atoms with Crippen molar-refractivity contribution in [2.75, 3.05) is 7.11 Å². The number of carbonyl (C=O) groups excluding carboxylic acids is 3. The molecule has 0 saturated heterocycles. The van der Waals surface area contributed by atoms with E-state index in [1.54, 1.807) is 43.3 Å². The lowest BCUT2D eigenvalue weighted by atomic mass is 10.1. The van der Waals surface area contributed by atoms with Crippen molar-refractivity contribution in [1.29, 1.82) is 0 Å². The highest BCUT2D eigenvalue weighted by atomic mass is 32.2. The molecular formula is C18H14O5S2. The minimum absolute atomic E-state index is 0.151. The van der Waals surface area contributed by atoms with Crippen molar-refractivity contribution in [1.82, 2.24) is 0 Å². The van der Waals surface area contributed by atoms with E-state index in [4.69, 9.17) is 9.47 Å². The maximum absolute atomic E-state index is 12.7. The quantitative estimate of drug-likeness (QED) is 0.378. The molecule has 5 nitrogen and oxygen atoms in total. The average Bonchev–Trinajstić information content (AvgIpc) is 3.19. The average molecular weight is 374 g/mol. The normalized spacial score (nSPS) is 10.6. The molecular weight excluding hydrogens is 360 g/mol. The van der Waals surface area contributed by atoms with Crippen LogP contribution >= 0.6 is 22.7 Å². The van der Waals surface area contributed by atoms with Gasteiger partial charge in [0.15, 0.2) is 0 Å². The van der Waals surface area contributed by atoms with Crippen molar-refractivity contribution in [3.8, 4) is 5.75 Å². The number of rotatable bonds is 5. The van der Waals surface area contributed by atoms with Gasteiger partial charge in [-0.3, -0.25) is 9.59 Å². The predicted octanol–water partition coefficient (Wildman–Crippen LogP) is 4.30. The van der Waals surface area contributed by atoms with Crippen LogP contribution in [0.3, 0.4) is 0 Å². The molecule has 0 aliphatic carbocycles. The number of fused-ring (bicyclic) bond motifs is 1. The summed E-state index contributed by atoms with van der Waals surface area (Å²) in [5, 5.41) is 0.840. The summed E-state index contributed by atoms with van der Waals surface area (Å²) in [7, 11) is 1.34. The zero-order chi connectivity index (χ0) is 18.0. The smallest absolute Gasteiger partial charge is 0.348 e. The Morgan fingerprint density at radius 3 is 2.44 bits per heavy atom. The number of methoxy groups -OCH3 is 1. The van der Waals surface area contributed by atoms with Crippen LogP contribution in [-0.2, 0) is 9.53 Å². The second kappa shape index (κ2) is 7.16. The van der Waals surface area contributed by atoms with E-state index < -0.39 is 0 Å². The molecule has 0 radical (unpaired) electrons. The standard InChI is InChI=1S/C18H14O5S2/c1-3-15(19)23-12-6-4-5-10(7-12)16(20)13-8-11-9-14(17(21)22-2)25-18(11)24-13/h4-9H,3H2,1-2H3. The number of esters is 2. The Morgan fingerprint density at radius 2 is 1.76 bits per heavy atom. The van der Waals surface area contributed by atoms with Gasteiger partial charge in [-0.2, -0.15) is 0 Å². The summed E-state index contributed by atoms with van der Waals surface area (Å²) in [6.07, 6.45) is 0.266. The van der Waals surface area contributed by atoms with E-state index in [2.05, 4.69) is 0 Å². The van der Waals surface area contributed by atoms with Gasteiger partial charge in [-0.25, -0.2) is 4.79 Å². The largest absolute Gasteiger partial charge is 0.465 e. The minimum atomic E-state index is -0.383. The van der Waals surface area contributed by atoms with Gasteiger partial charge in [0.05, 0.1) is 16.0 Å². The van der Waals surface area contributed by atoms with Crippen LogP contribution in [0.1, 0.15) is 38.3 Å². The number of benzene rings is 1. The summed E-state index contributed by atoms with van der Waals surface area (Å²) in [5.74, 6) is -0.533. The third kappa shape index (κ3) is 3.62. The molecule has 0 unspecified atom stereocenters. The lowest BCUT2D eigenvalue weighted by Crippen LogP contribution is -2.06. The van der Waals surface area contributed by atoms with Crippen molar-refractivity contribution in [2.24, 2.45) is 0 Å². The zero-order valence-corrected chi connectivity index (χ0v) is 15.2. The molecule has 0 atom stereocenters. The first-order valence-corrected chi connectivity index (χ1v) is 9.12. The third-order valence-electron chi connectivity index (χ3n) is 3.44. The van der Waals surface area contributed by atoms with Crippen molar-refractivity contribution >= 4 is 49.8 Å². The Kier molecular flexibility index (Phi) is 4.96. The lowest BCUT2D eigenvalue weighted by molar-refractivity contribution is -0.134. The van der Waals surface area contributed by atoms with Crippen LogP contribution in [0.2, 0.25) is 0 Å². The zero-order valence-electron chi connectivity index (χ0n) is 13.5. The maximum Gasteiger partial charge on any atom is 0.348 e. The molecule has 0 aliphatic rings. The summed E-state index contributed by atoms with van der Waals surface area (Å²) < 4.78 is 10.7. The SMILES string of the molecule is CCC(=O)Oc1cccc(C(=O)c2cc3cc(C(=O)OC)sc3s2)c1. The molecule has 0 aliphatic heterocycles. The Hall–Kier alpha value is -2.51. The Morgan fingerprint density at radius 1 is 1.04 bits per heavy atom. The van der Waals surface area contributed by atoms with Crippen molar-refractivity contribution in [2.45, 2.75) is 13.3 Å². The molecule has 0 bridgehead atoms. The number of hydrogen-bond acceptors (Lipinski definition) is 7. The topological polar surface area (TPSA) is 69.7 Å². The molecule has 25 heavy (non-hydrogen) atoms. The number of hydrogen-bond donors (Lipinski definition) is 0. The van der Waals surface area contributed by atoms with Crippen molar-refractivity contribution in [3.63, 3.8) is 0 Å². The molecule has 0 amide bonds. The van der Waals surface area contributed by atoms with E-state index in [0.29, 0.717) is 21.1 Å². The van der Waals surface area contributed by atoms with E-state index in [1.165, 1.54) is 29.8 Å². The van der Waals surface area contributed by atoms with Crippen LogP contribution in [0, 0.1) is 0 Å². The van der Waals surface area contributed by atoms with Gasteiger partial charge in [0, 0.05) is 17.4 Å². The second-order valence-electron chi connectivity index (χ2n) is 5.14. The summed E-state index contributed by atoms with van der Waals surface area (Å²) in [6.45, 7) is 1.71. The molecule has 2 heterocycles. The van der Waals surface area contributed by atoms with Gasteiger partial charge in [0.1, 0.15) is 10.6 Å². The fourth-order valence-electron chi connectivity index (χ4n) is 2.20. The molecule has 7 heteroatoms. The summed E-state index contributed by atoms with van der Waals surface area (Å²) in [5.41, 5.74) is 0.448. The molecule has 0 N–H and O–H groups in total. The Labute approximate surface area is 151 Å². The Balaban J connectivity index is 1.86. The minimum Gasteiger partial charge on any atom is -0.465 e. The van der Waals surface area contributed by atoms with Crippen LogP contribution in [0.15, 0.2) is 36.4 Å².